The molecule has 0 spiro atoms. The van der Waals surface area contributed by atoms with E-state index in [4.69, 9.17) is 19.1 Å². The maximum Gasteiger partial charge on any atom is 0.472 e. The van der Waals surface area contributed by atoms with Gasteiger partial charge in [0.25, 0.3) is 0 Å². The number of hydrogen-bond acceptors (Lipinski definition) is 9. The minimum absolute atomic E-state index is 0.164. The van der Waals surface area contributed by atoms with Crippen LogP contribution in [0.3, 0.4) is 0 Å². The van der Waals surface area contributed by atoms with Gasteiger partial charge in [-0.25, -0.2) is 4.57 Å². The van der Waals surface area contributed by atoms with Crippen LogP contribution in [0.2, 0.25) is 0 Å². The van der Waals surface area contributed by atoms with Crippen LogP contribution in [0.15, 0.2) is 48.6 Å². The maximum absolute atomic E-state index is 12.6. The van der Waals surface area contributed by atoms with Gasteiger partial charge in [0.05, 0.1) is 19.8 Å². The van der Waals surface area contributed by atoms with E-state index in [1.165, 1.54) is 38.5 Å². The molecule has 0 saturated heterocycles. The summed E-state index contributed by atoms with van der Waals surface area (Å²) >= 11 is 0. The van der Waals surface area contributed by atoms with Crippen LogP contribution in [0.5, 0.6) is 0 Å². The molecule has 53 heavy (non-hydrogen) atoms. The number of ether oxygens (including phenoxy) is 2. The molecule has 0 aromatic rings. The Hall–Kier alpha value is -2.07. The van der Waals surface area contributed by atoms with Crippen LogP contribution >= 0.6 is 7.82 Å². The third-order valence-corrected chi connectivity index (χ3v) is 9.41. The molecule has 0 aliphatic carbocycles. The summed E-state index contributed by atoms with van der Waals surface area (Å²) in [6.07, 6.45) is 39.3. The van der Waals surface area contributed by atoms with Gasteiger partial charge < -0.3 is 24.6 Å². The predicted molar refractivity (Wildman–Crippen MR) is 214 cm³/mol. The Morgan fingerprint density at radius 1 is 0.566 bits per heavy atom. The molecule has 3 atom stereocenters. The van der Waals surface area contributed by atoms with Crippen molar-refractivity contribution < 1.29 is 47.8 Å². The summed E-state index contributed by atoms with van der Waals surface area (Å²) in [4.78, 5) is 34.9. The van der Waals surface area contributed by atoms with Crippen molar-refractivity contribution in [3.05, 3.63) is 48.6 Å². The average molecular weight is 771 g/mol. The molecule has 0 saturated carbocycles. The Balaban J connectivity index is 4.39. The second kappa shape index (κ2) is 38.2. The quantitative estimate of drug-likeness (QED) is 0.0240. The number of esters is 2. The second-order valence-electron chi connectivity index (χ2n) is 13.7. The molecule has 0 aliphatic heterocycles. The fourth-order valence-corrected chi connectivity index (χ4v) is 6.02. The summed E-state index contributed by atoms with van der Waals surface area (Å²) in [7, 11) is -4.62. The fraction of sp³-hybridized carbons (Fsp3) is 0.762. The van der Waals surface area contributed by atoms with Crippen molar-refractivity contribution in [3.63, 3.8) is 0 Å². The Bertz CT molecular complexity index is 1030. The van der Waals surface area contributed by atoms with Crippen LogP contribution in [0, 0.1) is 0 Å². The summed E-state index contributed by atoms with van der Waals surface area (Å²) in [5.41, 5.74) is 0. The topological polar surface area (TPSA) is 149 Å². The van der Waals surface area contributed by atoms with Gasteiger partial charge in [-0.1, -0.05) is 127 Å². The first-order valence-corrected chi connectivity index (χ1v) is 22.1. The zero-order chi connectivity index (χ0) is 39.1. The van der Waals surface area contributed by atoms with Gasteiger partial charge in [-0.05, 0) is 77.0 Å². The Kier molecular flexibility index (Phi) is 36.7. The summed E-state index contributed by atoms with van der Waals surface area (Å²) in [5.74, 6) is -0.960. The number of aliphatic hydroxyl groups excluding tert-OH is 2. The molecule has 0 aliphatic rings. The van der Waals surface area contributed by atoms with Crippen LogP contribution in [0.25, 0.3) is 0 Å². The first kappa shape index (κ1) is 50.9. The zero-order valence-corrected chi connectivity index (χ0v) is 34.1. The molecule has 0 radical (unpaired) electrons. The molecule has 0 aromatic carbocycles. The Morgan fingerprint density at radius 3 is 1.45 bits per heavy atom. The highest BCUT2D eigenvalue weighted by atomic mass is 31.2. The number of allylic oxidation sites excluding steroid dienone is 8. The minimum atomic E-state index is -4.62. The number of carbonyl (C=O) groups is 2. The van der Waals surface area contributed by atoms with Crippen molar-refractivity contribution in [1.29, 1.82) is 0 Å². The molecule has 3 N–H and O–H groups in total. The molecular formula is C42H75O10P. The van der Waals surface area contributed by atoms with E-state index in [9.17, 15) is 24.2 Å². The standard InChI is InChI=1S/C42H75O10P/c1-3-5-7-9-11-13-15-17-19-21-23-25-27-29-31-33-41(45)49-37-40(38-51-53(47,48)50-36-39(44)35-43)52-42(46)34-32-30-28-26-24-22-20-18-16-14-12-10-8-6-4-2/h11-14,17-20,39-40,43-44H,3-10,15-16,21-38H2,1-2H3,(H,47,48)/b13-11+,14-12+,19-17+,20-18+. The molecule has 0 bridgehead atoms. The van der Waals surface area contributed by atoms with Crippen LogP contribution in [-0.4, -0.2) is 65.7 Å². The summed E-state index contributed by atoms with van der Waals surface area (Å²) in [5, 5.41) is 18.3. The third-order valence-electron chi connectivity index (χ3n) is 8.46. The number of unbranched alkanes of at least 4 members (excludes halogenated alkanes) is 16. The van der Waals surface area contributed by atoms with Crippen molar-refractivity contribution >= 4 is 19.8 Å². The third kappa shape index (κ3) is 38.0. The fourth-order valence-electron chi connectivity index (χ4n) is 5.23. The number of rotatable bonds is 38. The highest BCUT2D eigenvalue weighted by Gasteiger charge is 2.27. The lowest BCUT2D eigenvalue weighted by Crippen LogP contribution is -2.29. The highest BCUT2D eigenvalue weighted by Crippen LogP contribution is 2.43. The van der Waals surface area contributed by atoms with E-state index < -0.39 is 51.8 Å². The molecule has 0 rings (SSSR count). The Morgan fingerprint density at radius 2 is 0.981 bits per heavy atom. The molecule has 10 nitrogen and oxygen atoms in total. The van der Waals surface area contributed by atoms with E-state index in [1.807, 2.05) is 0 Å². The number of carbonyl (C=O) groups excluding carboxylic acids is 2. The van der Waals surface area contributed by atoms with E-state index in [1.54, 1.807) is 0 Å². The highest BCUT2D eigenvalue weighted by molar-refractivity contribution is 7.47. The molecule has 0 heterocycles. The summed E-state index contributed by atoms with van der Waals surface area (Å²) < 4.78 is 32.6. The minimum Gasteiger partial charge on any atom is -0.462 e. The van der Waals surface area contributed by atoms with Crippen molar-refractivity contribution in [2.45, 2.75) is 180 Å². The number of phosphoric acid groups is 1. The summed E-state index contributed by atoms with van der Waals surface area (Å²) in [6.45, 7) is 2.28. The molecule has 3 unspecified atom stereocenters. The van der Waals surface area contributed by atoms with Gasteiger partial charge in [-0.2, -0.15) is 0 Å². The molecular weight excluding hydrogens is 695 g/mol. The monoisotopic (exact) mass is 771 g/mol. The van der Waals surface area contributed by atoms with Gasteiger partial charge in [-0.3, -0.25) is 18.6 Å². The van der Waals surface area contributed by atoms with Gasteiger partial charge in [0.2, 0.25) is 0 Å². The van der Waals surface area contributed by atoms with Crippen LogP contribution < -0.4 is 0 Å². The lowest BCUT2D eigenvalue weighted by Gasteiger charge is -2.20. The largest absolute Gasteiger partial charge is 0.472 e. The second-order valence-corrected chi connectivity index (χ2v) is 15.1. The van der Waals surface area contributed by atoms with E-state index in [2.05, 4.69) is 67.0 Å². The lowest BCUT2D eigenvalue weighted by atomic mass is 10.1. The van der Waals surface area contributed by atoms with Gasteiger partial charge >= 0.3 is 19.8 Å². The van der Waals surface area contributed by atoms with Crippen molar-refractivity contribution in [3.8, 4) is 0 Å². The number of phosphoric ester groups is 1. The maximum atomic E-state index is 12.6. The van der Waals surface area contributed by atoms with Crippen LogP contribution in [-0.2, 0) is 32.7 Å². The van der Waals surface area contributed by atoms with Crippen LogP contribution in [0.4, 0.5) is 0 Å². The van der Waals surface area contributed by atoms with Gasteiger partial charge in [0, 0.05) is 12.8 Å². The number of hydrogen-bond donors (Lipinski definition) is 3. The predicted octanol–water partition coefficient (Wildman–Crippen LogP) is 10.6. The molecule has 0 amide bonds. The van der Waals surface area contributed by atoms with E-state index >= 15 is 0 Å². The van der Waals surface area contributed by atoms with Crippen LogP contribution in [0.1, 0.15) is 168 Å². The van der Waals surface area contributed by atoms with Crippen molar-refractivity contribution in [1.82, 2.24) is 0 Å². The van der Waals surface area contributed by atoms with Crippen molar-refractivity contribution in [2.75, 3.05) is 26.4 Å². The van der Waals surface area contributed by atoms with Crippen molar-refractivity contribution in [2.24, 2.45) is 0 Å². The van der Waals surface area contributed by atoms with Gasteiger partial charge in [0.1, 0.15) is 12.7 Å². The first-order chi connectivity index (χ1) is 25.7. The smallest absolute Gasteiger partial charge is 0.462 e. The normalized spacial score (nSPS) is 14.4. The average Bonchev–Trinajstić information content (AvgIpc) is 3.14. The van der Waals surface area contributed by atoms with E-state index in [-0.39, 0.29) is 19.4 Å². The molecule has 0 aromatic heterocycles. The molecule has 0 fully saturated rings. The van der Waals surface area contributed by atoms with E-state index in [0.29, 0.717) is 12.8 Å². The SMILES string of the molecule is CCCCC/C=C/C/C=C/CCCCCCCC(=O)OCC(COP(=O)(O)OCC(O)CO)OC(=O)CCCCCCC/C=C/C/C=C/CCCCC. The summed E-state index contributed by atoms with van der Waals surface area (Å²) in [6, 6.07) is 0. The molecule has 11 heteroatoms. The Labute approximate surface area is 322 Å². The van der Waals surface area contributed by atoms with E-state index in [0.717, 1.165) is 89.9 Å². The first-order valence-electron chi connectivity index (χ1n) is 20.6. The number of aliphatic hydroxyl groups is 2. The van der Waals surface area contributed by atoms with Gasteiger partial charge in [0.15, 0.2) is 6.10 Å². The van der Waals surface area contributed by atoms with Gasteiger partial charge in [-0.15, -0.1) is 0 Å². The zero-order valence-electron chi connectivity index (χ0n) is 33.2. The molecule has 308 valence electrons. The lowest BCUT2D eigenvalue weighted by molar-refractivity contribution is -0.161.